The number of para-hydroxylation sites is 1. The van der Waals surface area contributed by atoms with Crippen LogP contribution in [0.1, 0.15) is 37.1 Å². The van der Waals surface area contributed by atoms with Crippen molar-refractivity contribution < 1.29 is 4.79 Å². The number of carbonyl (C=O) groups is 1. The number of nitrogens with one attached hydrogen (secondary N) is 1. The molecular formula is C23H26N4OS. The Hall–Kier alpha value is -2.60. The van der Waals surface area contributed by atoms with Gasteiger partial charge in [-0.05, 0) is 23.6 Å². The molecule has 0 saturated heterocycles. The maximum atomic E-state index is 13.0. The van der Waals surface area contributed by atoms with Crippen molar-refractivity contribution in [1.29, 1.82) is 0 Å². The summed E-state index contributed by atoms with van der Waals surface area (Å²) in [6, 6.07) is 19.9. The lowest BCUT2D eigenvalue weighted by Gasteiger charge is -2.22. The van der Waals surface area contributed by atoms with E-state index in [9.17, 15) is 4.79 Å². The smallest absolute Gasteiger partial charge is 0.237 e. The third-order valence-electron chi connectivity index (χ3n) is 5.35. The van der Waals surface area contributed by atoms with Gasteiger partial charge in [-0.15, -0.1) is 5.10 Å². The van der Waals surface area contributed by atoms with Gasteiger partial charge in [0.1, 0.15) is 5.82 Å². The number of carbonyl (C=O) groups excluding carboxylic acids is 1. The number of hydrogen-bond acceptors (Lipinski definition) is 4. The maximum absolute atomic E-state index is 13.0. The van der Waals surface area contributed by atoms with Crippen LogP contribution in [0.25, 0.3) is 0 Å². The molecule has 1 fully saturated rings. The average molecular weight is 407 g/mol. The summed E-state index contributed by atoms with van der Waals surface area (Å²) in [7, 11) is 0. The number of hydrogen-bond donors (Lipinski definition) is 1. The van der Waals surface area contributed by atoms with Crippen molar-refractivity contribution in [1.82, 2.24) is 15.2 Å². The van der Waals surface area contributed by atoms with Crippen LogP contribution >= 0.6 is 11.8 Å². The molecule has 0 aliphatic heterocycles. The topological polar surface area (TPSA) is 61.9 Å². The predicted octanol–water partition coefficient (Wildman–Crippen LogP) is 4.86. The Kier molecular flexibility index (Phi) is 6.62. The molecule has 4 rings (SSSR count). The summed E-state index contributed by atoms with van der Waals surface area (Å²) in [4.78, 5) is 19.5. The fraction of sp³-hybridized carbons (Fsp3) is 0.348. The molecule has 0 unspecified atom stereocenters. The van der Waals surface area contributed by atoms with Crippen LogP contribution in [-0.4, -0.2) is 26.8 Å². The molecule has 1 heterocycles. The Morgan fingerprint density at radius 3 is 2.45 bits per heavy atom. The molecule has 150 valence electrons. The van der Waals surface area contributed by atoms with Gasteiger partial charge in [0.25, 0.3) is 0 Å². The predicted molar refractivity (Wildman–Crippen MR) is 117 cm³/mol. The summed E-state index contributed by atoms with van der Waals surface area (Å²) >= 11 is 1.40. The summed E-state index contributed by atoms with van der Waals surface area (Å²) in [6.07, 6.45) is 6.18. The minimum Gasteiger partial charge on any atom is -0.307 e. The van der Waals surface area contributed by atoms with Gasteiger partial charge in [0, 0.05) is 12.1 Å². The van der Waals surface area contributed by atoms with E-state index in [-0.39, 0.29) is 5.91 Å². The van der Waals surface area contributed by atoms with Crippen molar-refractivity contribution in [2.45, 2.75) is 43.8 Å². The van der Waals surface area contributed by atoms with Gasteiger partial charge in [-0.25, -0.2) is 4.98 Å². The molecule has 3 aromatic rings. The molecule has 1 aromatic heterocycles. The number of nitrogens with zero attached hydrogens (tertiary/aromatic N) is 3. The summed E-state index contributed by atoms with van der Waals surface area (Å²) < 4.78 is 0. The monoisotopic (exact) mass is 406 g/mol. The first-order valence-electron chi connectivity index (χ1n) is 10.2. The van der Waals surface area contributed by atoms with Crippen LogP contribution in [-0.2, 0) is 17.8 Å². The molecule has 1 saturated carbocycles. The van der Waals surface area contributed by atoms with Gasteiger partial charge in [-0.2, -0.15) is 0 Å². The number of benzene rings is 2. The van der Waals surface area contributed by atoms with Crippen LogP contribution < -0.4 is 4.90 Å². The van der Waals surface area contributed by atoms with E-state index in [1.54, 1.807) is 0 Å². The second kappa shape index (κ2) is 9.74. The zero-order valence-corrected chi connectivity index (χ0v) is 17.3. The molecule has 0 spiro atoms. The van der Waals surface area contributed by atoms with Crippen molar-refractivity contribution in [2.75, 3.05) is 10.7 Å². The lowest BCUT2D eigenvalue weighted by molar-refractivity contribution is -0.116. The molecule has 29 heavy (non-hydrogen) atoms. The highest BCUT2D eigenvalue weighted by atomic mass is 32.2. The number of aromatic nitrogens is 3. The molecule has 5 nitrogen and oxygen atoms in total. The van der Waals surface area contributed by atoms with E-state index in [1.165, 1.54) is 37.4 Å². The number of H-pyrrole nitrogens is 1. The van der Waals surface area contributed by atoms with E-state index < -0.39 is 0 Å². The fourth-order valence-electron chi connectivity index (χ4n) is 3.82. The van der Waals surface area contributed by atoms with E-state index >= 15 is 0 Å². The van der Waals surface area contributed by atoms with Crippen molar-refractivity contribution >= 4 is 23.4 Å². The number of aromatic amines is 1. The van der Waals surface area contributed by atoms with E-state index in [0.29, 0.717) is 17.5 Å². The van der Waals surface area contributed by atoms with Crippen molar-refractivity contribution in [2.24, 2.45) is 5.92 Å². The number of thioether (sulfide) groups is 1. The first-order valence-corrected chi connectivity index (χ1v) is 11.2. The van der Waals surface area contributed by atoms with Crippen LogP contribution in [0, 0.1) is 5.92 Å². The third kappa shape index (κ3) is 5.48. The molecule has 1 aliphatic rings. The average Bonchev–Trinajstić information content (AvgIpc) is 3.44. The van der Waals surface area contributed by atoms with Gasteiger partial charge in [-0.1, -0.05) is 86.0 Å². The first-order chi connectivity index (χ1) is 14.3. The van der Waals surface area contributed by atoms with E-state index in [1.807, 2.05) is 65.6 Å². The Labute approximate surface area is 175 Å². The normalized spacial score (nSPS) is 14.2. The Balaban J connectivity index is 1.39. The molecule has 6 heteroatoms. The molecule has 1 N–H and O–H groups in total. The molecule has 1 aliphatic carbocycles. The fourth-order valence-corrected chi connectivity index (χ4v) is 4.52. The Morgan fingerprint density at radius 1 is 1.03 bits per heavy atom. The number of anilines is 1. The number of rotatable bonds is 8. The minimum absolute atomic E-state index is 0.0483. The van der Waals surface area contributed by atoms with Crippen molar-refractivity contribution in [3.05, 3.63) is 72.1 Å². The van der Waals surface area contributed by atoms with Gasteiger partial charge >= 0.3 is 0 Å². The minimum atomic E-state index is 0.0483. The quantitative estimate of drug-likeness (QED) is 0.543. The van der Waals surface area contributed by atoms with Crippen LogP contribution in [0.4, 0.5) is 5.69 Å². The number of amides is 1. The molecular weight excluding hydrogens is 380 g/mol. The molecule has 0 radical (unpaired) electrons. The van der Waals surface area contributed by atoms with E-state index in [4.69, 9.17) is 0 Å². The van der Waals surface area contributed by atoms with Crippen LogP contribution in [0.3, 0.4) is 0 Å². The van der Waals surface area contributed by atoms with Gasteiger partial charge in [-0.3, -0.25) is 9.89 Å². The summed E-state index contributed by atoms with van der Waals surface area (Å²) in [5, 5.41) is 8.00. The van der Waals surface area contributed by atoms with Crippen LogP contribution in [0.2, 0.25) is 0 Å². The second-order valence-electron chi connectivity index (χ2n) is 7.51. The van der Waals surface area contributed by atoms with Crippen LogP contribution in [0.5, 0.6) is 0 Å². The zero-order chi connectivity index (χ0) is 19.9. The lowest BCUT2D eigenvalue weighted by atomic mass is 10.0. The van der Waals surface area contributed by atoms with Gasteiger partial charge in [0.2, 0.25) is 11.1 Å². The SMILES string of the molecule is O=C(CSc1n[nH]c(CC2CCCC2)n1)N(Cc1ccccc1)c1ccccc1. The first kappa shape index (κ1) is 19.7. The lowest BCUT2D eigenvalue weighted by Crippen LogP contribution is -2.31. The van der Waals surface area contributed by atoms with Gasteiger partial charge in [0.05, 0.1) is 12.3 Å². The Bertz CT molecular complexity index is 907. The van der Waals surface area contributed by atoms with Gasteiger partial charge < -0.3 is 4.90 Å². The highest BCUT2D eigenvalue weighted by molar-refractivity contribution is 7.99. The standard InChI is InChI=1S/C23H26N4OS/c28-22(17-29-23-24-21(25-26-23)15-18-9-7-8-10-18)27(20-13-5-2-6-14-20)16-19-11-3-1-4-12-19/h1-6,11-14,18H,7-10,15-17H2,(H,24,25,26). The highest BCUT2D eigenvalue weighted by Crippen LogP contribution is 2.27. The van der Waals surface area contributed by atoms with Crippen LogP contribution in [0.15, 0.2) is 65.8 Å². The summed E-state index contributed by atoms with van der Waals surface area (Å²) in [6.45, 7) is 0.547. The summed E-state index contributed by atoms with van der Waals surface area (Å²) in [5.74, 6) is 2.02. The van der Waals surface area contributed by atoms with Gasteiger partial charge in [0.15, 0.2) is 0 Å². The largest absolute Gasteiger partial charge is 0.307 e. The van der Waals surface area contributed by atoms with E-state index in [2.05, 4.69) is 15.2 Å². The molecule has 2 aromatic carbocycles. The zero-order valence-electron chi connectivity index (χ0n) is 16.5. The highest BCUT2D eigenvalue weighted by Gasteiger charge is 2.19. The Morgan fingerprint density at radius 2 is 1.72 bits per heavy atom. The molecule has 1 amide bonds. The van der Waals surface area contributed by atoms with Crippen molar-refractivity contribution in [3.8, 4) is 0 Å². The third-order valence-corrected chi connectivity index (χ3v) is 6.18. The summed E-state index contributed by atoms with van der Waals surface area (Å²) in [5.41, 5.74) is 2.00. The molecule has 0 bridgehead atoms. The second-order valence-corrected chi connectivity index (χ2v) is 8.45. The maximum Gasteiger partial charge on any atom is 0.237 e. The van der Waals surface area contributed by atoms with Crippen molar-refractivity contribution in [3.63, 3.8) is 0 Å². The van der Waals surface area contributed by atoms with E-state index in [0.717, 1.165) is 29.4 Å². The molecule has 0 atom stereocenters.